The van der Waals surface area contributed by atoms with E-state index in [-0.39, 0.29) is 5.78 Å². The number of nitrogens with one attached hydrogen (secondary N) is 1. The van der Waals surface area contributed by atoms with Crippen molar-refractivity contribution in [2.75, 3.05) is 12.3 Å². The summed E-state index contributed by atoms with van der Waals surface area (Å²) in [5.41, 5.74) is 12.0. The van der Waals surface area contributed by atoms with Gasteiger partial charge in [-0.1, -0.05) is 23.2 Å². The molecule has 0 radical (unpaired) electrons. The van der Waals surface area contributed by atoms with Gasteiger partial charge >= 0.3 is 0 Å². The number of aromatic nitrogens is 1. The molecule has 4 nitrogen and oxygen atoms in total. The van der Waals surface area contributed by atoms with Gasteiger partial charge in [0.15, 0.2) is 5.78 Å². The average molecular weight is 456 g/mol. The first kappa shape index (κ1) is 19.6. The minimum absolute atomic E-state index is 0.0583. The van der Waals surface area contributed by atoms with Crippen LogP contribution in [0.2, 0.25) is 10.0 Å². The minimum atomic E-state index is -0.0583. The predicted molar refractivity (Wildman–Crippen MR) is 125 cm³/mol. The number of halogens is 2. The normalized spacial score (nSPS) is 14.2. The summed E-state index contributed by atoms with van der Waals surface area (Å²) in [7, 11) is 0. The molecule has 0 amide bonds. The van der Waals surface area contributed by atoms with Crippen molar-refractivity contribution in [3.63, 3.8) is 0 Å². The Bertz CT molecular complexity index is 1260. The summed E-state index contributed by atoms with van der Waals surface area (Å²) in [5, 5.41) is 5.07. The van der Waals surface area contributed by atoms with Crippen LogP contribution in [0.15, 0.2) is 47.8 Å². The fourth-order valence-electron chi connectivity index (χ4n) is 4.15. The van der Waals surface area contributed by atoms with E-state index < -0.39 is 0 Å². The molecule has 7 heteroatoms. The van der Waals surface area contributed by atoms with Gasteiger partial charge in [-0.3, -0.25) is 9.69 Å². The van der Waals surface area contributed by atoms with E-state index in [2.05, 4.69) is 9.88 Å². The molecule has 0 saturated heterocycles. The van der Waals surface area contributed by atoms with Crippen LogP contribution < -0.4 is 5.73 Å². The highest BCUT2D eigenvalue weighted by atomic mass is 35.5. The number of hydrogen-bond acceptors (Lipinski definition) is 4. The van der Waals surface area contributed by atoms with Crippen LogP contribution in [-0.4, -0.2) is 22.2 Å². The molecular weight excluding hydrogens is 437 g/mol. The second-order valence-corrected chi connectivity index (χ2v) is 9.35. The smallest absolute Gasteiger partial charge is 0.196 e. The summed E-state index contributed by atoms with van der Waals surface area (Å²) in [5.74, 6) is -0.0583. The second kappa shape index (κ2) is 7.75. The maximum atomic E-state index is 13.1. The van der Waals surface area contributed by atoms with Crippen LogP contribution >= 0.6 is 34.5 Å². The summed E-state index contributed by atoms with van der Waals surface area (Å²) in [4.78, 5) is 19.0. The first-order valence-corrected chi connectivity index (χ1v) is 11.3. The fraction of sp³-hybridized carbons (Fsp3) is 0.174. The summed E-state index contributed by atoms with van der Waals surface area (Å²) < 4.78 is 0. The Balaban J connectivity index is 1.42. The number of aromatic amines is 1. The Morgan fingerprint density at radius 1 is 1.13 bits per heavy atom. The highest BCUT2D eigenvalue weighted by Gasteiger charge is 2.24. The third-order valence-corrected chi connectivity index (χ3v) is 6.99. The maximum Gasteiger partial charge on any atom is 0.196 e. The molecule has 0 aliphatic carbocycles. The van der Waals surface area contributed by atoms with Crippen LogP contribution in [0.3, 0.4) is 0 Å². The van der Waals surface area contributed by atoms with Crippen LogP contribution in [0.25, 0.3) is 10.9 Å². The molecule has 4 aromatic rings. The van der Waals surface area contributed by atoms with Crippen molar-refractivity contribution < 1.29 is 4.79 Å². The van der Waals surface area contributed by atoms with E-state index in [0.717, 1.165) is 35.6 Å². The number of hydrogen-bond donors (Lipinski definition) is 2. The molecule has 3 heterocycles. The van der Waals surface area contributed by atoms with Crippen LogP contribution in [-0.2, 0) is 19.5 Å². The van der Waals surface area contributed by atoms with Crippen LogP contribution in [0.4, 0.5) is 5.00 Å². The lowest BCUT2D eigenvalue weighted by atomic mass is 10.00. The SMILES string of the molecule is Nc1scc(CN2CCc3[nH]c4ccc(Cl)cc4c3C2)c1C(=O)c1ccc(Cl)cc1. The Hall–Kier alpha value is -2.31. The van der Waals surface area contributed by atoms with E-state index in [1.54, 1.807) is 24.3 Å². The fourth-order valence-corrected chi connectivity index (χ4v) is 5.25. The van der Waals surface area contributed by atoms with E-state index in [0.29, 0.717) is 27.7 Å². The van der Waals surface area contributed by atoms with Crippen molar-refractivity contribution >= 4 is 56.2 Å². The van der Waals surface area contributed by atoms with E-state index in [1.807, 2.05) is 23.6 Å². The van der Waals surface area contributed by atoms with E-state index in [9.17, 15) is 4.79 Å². The molecule has 3 N–H and O–H groups in total. The van der Waals surface area contributed by atoms with Gasteiger partial charge in [-0.05, 0) is 59.0 Å². The van der Waals surface area contributed by atoms with Crippen molar-refractivity contribution in [1.82, 2.24) is 9.88 Å². The van der Waals surface area contributed by atoms with Crippen LogP contribution in [0, 0.1) is 0 Å². The number of carbonyl (C=O) groups excluding carboxylic acids is 1. The molecule has 1 aliphatic heterocycles. The lowest BCUT2D eigenvalue weighted by Gasteiger charge is -2.27. The number of anilines is 1. The zero-order valence-corrected chi connectivity index (χ0v) is 18.4. The number of benzene rings is 2. The molecular formula is C23H19Cl2N3OS. The van der Waals surface area contributed by atoms with E-state index >= 15 is 0 Å². The zero-order valence-electron chi connectivity index (χ0n) is 16.0. The van der Waals surface area contributed by atoms with Gasteiger partial charge in [0.1, 0.15) is 0 Å². The molecule has 0 spiro atoms. The average Bonchev–Trinajstić information content (AvgIpc) is 3.28. The second-order valence-electron chi connectivity index (χ2n) is 7.57. The van der Waals surface area contributed by atoms with Gasteiger partial charge in [0.2, 0.25) is 0 Å². The highest BCUT2D eigenvalue weighted by Crippen LogP contribution is 2.33. The largest absolute Gasteiger partial charge is 0.390 e. The Labute approximate surface area is 188 Å². The standard InChI is InChI=1S/C23H19Cl2N3OS/c24-15-3-1-13(2-4-15)22(29)21-14(12-30-23(21)26)10-28-8-7-20-18(11-28)17-9-16(25)5-6-19(17)27-20/h1-6,9,12,27H,7-8,10-11,26H2. The number of fused-ring (bicyclic) bond motifs is 3. The number of nitrogen functional groups attached to an aromatic ring is 1. The quantitative estimate of drug-likeness (QED) is 0.376. The number of nitrogens with two attached hydrogens (primary N) is 1. The van der Waals surface area contributed by atoms with E-state index in [4.69, 9.17) is 28.9 Å². The van der Waals surface area contributed by atoms with Gasteiger partial charge in [0, 0.05) is 58.3 Å². The Morgan fingerprint density at radius 3 is 2.70 bits per heavy atom. The molecule has 2 aromatic carbocycles. The van der Waals surface area contributed by atoms with Crippen LogP contribution in [0.1, 0.15) is 32.7 Å². The van der Waals surface area contributed by atoms with Gasteiger partial charge in [-0.25, -0.2) is 0 Å². The van der Waals surface area contributed by atoms with Gasteiger partial charge in [-0.15, -0.1) is 11.3 Å². The molecule has 0 fully saturated rings. The predicted octanol–water partition coefficient (Wildman–Crippen LogP) is 5.91. The monoisotopic (exact) mass is 455 g/mol. The number of H-pyrrole nitrogens is 1. The lowest BCUT2D eigenvalue weighted by molar-refractivity contribution is 0.103. The van der Waals surface area contributed by atoms with Crippen molar-refractivity contribution in [1.29, 1.82) is 0 Å². The Morgan fingerprint density at radius 2 is 1.90 bits per heavy atom. The molecule has 30 heavy (non-hydrogen) atoms. The molecule has 0 bridgehead atoms. The van der Waals surface area contributed by atoms with Crippen molar-refractivity contribution in [3.05, 3.63) is 85.8 Å². The third-order valence-electron chi connectivity index (χ3n) is 5.64. The minimum Gasteiger partial charge on any atom is -0.390 e. The van der Waals surface area contributed by atoms with Gasteiger partial charge in [-0.2, -0.15) is 0 Å². The molecule has 0 atom stereocenters. The van der Waals surface area contributed by atoms with E-state index in [1.165, 1.54) is 28.0 Å². The maximum absolute atomic E-state index is 13.1. The van der Waals surface area contributed by atoms with Gasteiger partial charge < -0.3 is 10.7 Å². The van der Waals surface area contributed by atoms with Crippen molar-refractivity contribution in [2.45, 2.75) is 19.5 Å². The first-order valence-electron chi connectivity index (χ1n) is 9.67. The Kier molecular flexibility index (Phi) is 5.07. The summed E-state index contributed by atoms with van der Waals surface area (Å²) in [6.07, 6.45) is 0.932. The zero-order chi connectivity index (χ0) is 20.8. The molecule has 2 aromatic heterocycles. The molecule has 152 valence electrons. The van der Waals surface area contributed by atoms with Gasteiger partial charge in [0.25, 0.3) is 0 Å². The number of carbonyl (C=O) groups is 1. The third kappa shape index (κ3) is 3.52. The summed E-state index contributed by atoms with van der Waals surface area (Å²) >= 11 is 13.6. The molecule has 0 saturated carbocycles. The van der Waals surface area contributed by atoms with Gasteiger partial charge in [0.05, 0.1) is 10.6 Å². The summed E-state index contributed by atoms with van der Waals surface area (Å²) in [6, 6.07) is 12.9. The van der Waals surface area contributed by atoms with Crippen LogP contribution in [0.5, 0.6) is 0 Å². The number of nitrogens with zero attached hydrogens (tertiary/aromatic N) is 1. The molecule has 5 rings (SSSR count). The summed E-state index contributed by atoms with van der Waals surface area (Å²) in [6.45, 7) is 2.40. The topological polar surface area (TPSA) is 62.1 Å². The molecule has 1 aliphatic rings. The number of thiophene rings is 1. The first-order chi connectivity index (χ1) is 14.5. The molecule has 0 unspecified atom stereocenters. The van der Waals surface area contributed by atoms with Crippen molar-refractivity contribution in [2.24, 2.45) is 0 Å². The number of ketones is 1. The lowest BCUT2D eigenvalue weighted by Crippen LogP contribution is -2.30. The number of rotatable bonds is 4. The van der Waals surface area contributed by atoms with Crippen molar-refractivity contribution in [3.8, 4) is 0 Å². The highest BCUT2D eigenvalue weighted by molar-refractivity contribution is 7.14.